The summed E-state index contributed by atoms with van der Waals surface area (Å²) in [5, 5.41) is 4.45. The number of nitrogens with zero attached hydrogens (tertiary/aromatic N) is 1. The summed E-state index contributed by atoms with van der Waals surface area (Å²) in [7, 11) is 0.945. The summed E-state index contributed by atoms with van der Waals surface area (Å²) >= 11 is 0. The van der Waals surface area contributed by atoms with Crippen LogP contribution in [0.25, 0.3) is 22.0 Å². The van der Waals surface area contributed by atoms with E-state index in [2.05, 4.69) is 95.4 Å². The smallest absolute Gasteiger partial charge is 0.200 e. The minimum atomic E-state index is -1.26. The van der Waals surface area contributed by atoms with Crippen molar-refractivity contribution in [3.63, 3.8) is 0 Å². The maximum Gasteiger partial charge on any atom is 0.220 e. The van der Waals surface area contributed by atoms with E-state index < -0.39 is 8.07 Å². The van der Waals surface area contributed by atoms with Crippen molar-refractivity contribution in [1.29, 1.82) is 0 Å². The SMILES string of the molecule is Cc1c(-c2c3ccc([Si]4(C)CCCC4)cc3cc[n+]2C)cc(C(C)C)cc1C(C)C. The average molecular weight is 417 g/mol. The van der Waals surface area contributed by atoms with Crippen LogP contribution in [0.4, 0.5) is 0 Å². The van der Waals surface area contributed by atoms with Crippen LogP contribution >= 0.6 is 0 Å². The van der Waals surface area contributed by atoms with Crippen LogP contribution in [0.5, 0.6) is 0 Å². The van der Waals surface area contributed by atoms with Crippen molar-refractivity contribution in [2.75, 3.05) is 0 Å². The molecule has 1 saturated heterocycles. The molecule has 0 bridgehead atoms. The third-order valence-corrected chi connectivity index (χ3v) is 12.2. The number of hydrogen-bond donors (Lipinski definition) is 0. The lowest BCUT2D eigenvalue weighted by Crippen LogP contribution is -2.41. The molecule has 30 heavy (non-hydrogen) atoms. The molecule has 0 saturated carbocycles. The molecule has 1 fully saturated rings. The summed E-state index contributed by atoms with van der Waals surface area (Å²) in [6.45, 7) is 14.2. The Balaban J connectivity index is 1.96. The first-order chi connectivity index (χ1) is 14.2. The zero-order valence-electron chi connectivity index (χ0n) is 20.0. The molecule has 1 aliphatic rings. The van der Waals surface area contributed by atoms with E-state index >= 15 is 0 Å². The molecule has 1 nitrogen and oxygen atoms in total. The van der Waals surface area contributed by atoms with E-state index in [1.54, 1.807) is 5.19 Å². The molecule has 3 aromatic rings. The molecule has 0 amide bonds. The van der Waals surface area contributed by atoms with Gasteiger partial charge < -0.3 is 0 Å². The normalized spacial score (nSPS) is 16.2. The number of fused-ring (bicyclic) bond motifs is 1. The summed E-state index contributed by atoms with van der Waals surface area (Å²) in [5.41, 5.74) is 7.11. The van der Waals surface area contributed by atoms with Crippen LogP contribution in [0.3, 0.4) is 0 Å². The van der Waals surface area contributed by atoms with Crippen molar-refractivity contribution in [3.8, 4) is 11.3 Å². The number of pyridine rings is 1. The lowest BCUT2D eigenvalue weighted by Gasteiger charge is -2.22. The summed E-state index contributed by atoms with van der Waals surface area (Å²) in [6, 6.07) is 17.5. The summed E-state index contributed by atoms with van der Waals surface area (Å²) in [4.78, 5) is 0. The molecule has 0 unspecified atom stereocenters. The van der Waals surface area contributed by atoms with E-state index in [9.17, 15) is 0 Å². The van der Waals surface area contributed by atoms with Gasteiger partial charge in [-0.1, -0.05) is 82.6 Å². The molecule has 0 spiro atoms. The van der Waals surface area contributed by atoms with Gasteiger partial charge in [-0.05, 0) is 53.0 Å². The maximum absolute atomic E-state index is 2.59. The minimum absolute atomic E-state index is 0.530. The highest BCUT2D eigenvalue weighted by molar-refractivity contribution is 6.91. The van der Waals surface area contributed by atoms with E-state index in [1.165, 1.54) is 63.7 Å². The van der Waals surface area contributed by atoms with Crippen LogP contribution < -0.4 is 9.75 Å². The van der Waals surface area contributed by atoms with Crippen molar-refractivity contribution in [2.45, 2.75) is 77.9 Å². The van der Waals surface area contributed by atoms with Crippen LogP contribution in [0.1, 0.15) is 69.1 Å². The molecular weight excluding hydrogens is 378 g/mol. The second kappa shape index (κ2) is 7.96. The van der Waals surface area contributed by atoms with Crippen molar-refractivity contribution < 1.29 is 4.57 Å². The molecule has 2 heteroatoms. The Kier molecular flexibility index (Phi) is 5.65. The lowest BCUT2D eigenvalue weighted by molar-refractivity contribution is -0.659. The molecule has 0 radical (unpaired) electrons. The Bertz CT molecular complexity index is 1090. The number of aryl methyl sites for hydroxylation is 1. The summed E-state index contributed by atoms with van der Waals surface area (Å²) in [5.74, 6) is 1.06. The number of hydrogen-bond acceptors (Lipinski definition) is 0. The third-order valence-electron chi connectivity index (χ3n) is 7.56. The van der Waals surface area contributed by atoms with Gasteiger partial charge in [0.15, 0.2) is 6.20 Å². The van der Waals surface area contributed by atoms with E-state index in [0.29, 0.717) is 11.8 Å². The first kappa shape index (κ1) is 21.3. The predicted octanol–water partition coefficient (Wildman–Crippen LogP) is 6.97. The Hall–Kier alpha value is -1.93. The van der Waals surface area contributed by atoms with Gasteiger partial charge in [0, 0.05) is 6.07 Å². The Morgan fingerprint density at radius 2 is 1.60 bits per heavy atom. The zero-order chi connectivity index (χ0) is 21.6. The molecule has 0 aliphatic carbocycles. The van der Waals surface area contributed by atoms with Crippen LogP contribution in [0.15, 0.2) is 42.6 Å². The maximum atomic E-state index is 2.59. The second-order valence-corrected chi connectivity index (χ2v) is 15.1. The van der Waals surface area contributed by atoms with Gasteiger partial charge in [-0.3, -0.25) is 0 Å². The second-order valence-electron chi connectivity index (χ2n) is 10.4. The van der Waals surface area contributed by atoms with Gasteiger partial charge in [-0.25, -0.2) is 4.57 Å². The molecule has 0 N–H and O–H groups in total. The van der Waals surface area contributed by atoms with E-state index in [4.69, 9.17) is 0 Å². The fourth-order valence-corrected chi connectivity index (χ4v) is 9.34. The van der Waals surface area contributed by atoms with Gasteiger partial charge in [0.1, 0.15) is 7.05 Å². The Morgan fingerprint density at radius 1 is 0.900 bits per heavy atom. The van der Waals surface area contributed by atoms with Gasteiger partial charge in [0.2, 0.25) is 5.69 Å². The number of rotatable bonds is 4. The van der Waals surface area contributed by atoms with Crippen molar-refractivity contribution in [2.24, 2.45) is 7.05 Å². The molecule has 2 heterocycles. The Morgan fingerprint density at radius 3 is 2.23 bits per heavy atom. The van der Waals surface area contributed by atoms with Gasteiger partial charge in [0.05, 0.1) is 19.0 Å². The van der Waals surface area contributed by atoms with Gasteiger partial charge in [0.25, 0.3) is 0 Å². The van der Waals surface area contributed by atoms with Crippen LogP contribution in [-0.2, 0) is 7.05 Å². The topological polar surface area (TPSA) is 3.88 Å². The highest BCUT2D eigenvalue weighted by Gasteiger charge is 2.33. The molecule has 158 valence electrons. The van der Waals surface area contributed by atoms with E-state index in [0.717, 1.165) is 0 Å². The highest BCUT2D eigenvalue weighted by Crippen LogP contribution is 2.36. The minimum Gasteiger partial charge on any atom is -0.200 e. The van der Waals surface area contributed by atoms with Crippen LogP contribution in [-0.4, -0.2) is 8.07 Å². The van der Waals surface area contributed by atoms with E-state index in [-0.39, 0.29) is 0 Å². The molecule has 0 atom stereocenters. The lowest BCUT2D eigenvalue weighted by atomic mass is 9.86. The predicted molar refractivity (Wildman–Crippen MR) is 134 cm³/mol. The first-order valence-corrected chi connectivity index (χ1v) is 14.7. The summed E-state index contributed by atoms with van der Waals surface area (Å²) in [6.07, 6.45) is 5.11. The molecule has 1 aliphatic heterocycles. The third kappa shape index (κ3) is 3.64. The fraction of sp³-hybridized carbons (Fsp3) is 0.464. The van der Waals surface area contributed by atoms with Gasteiger partial charge >= 0.3 is 0 Å². The molecular formula is C28H38NSi+. The van der Waals surface area contributed by atoms with E-state index in [1.807, 2.05) is 0 Å². The first-order valence-electron chi connectivity index (χ1n) is 11.8. The van der Waals surface area contributed by atoms with Gasteiger partial charge in [-0.15, -0.1) is 0 Å². The quantitative estimate of drug-likeness (QED) is 0.319. The van der Waals surface area contributed by atoms with Crippen LogP contribution in [0, 0.1) is 6.92 Å². The fourth-order valence-electron chi connectivity index (χ4n) is 5.47. The molecule has 2 aromatic carbocycles. The Labute approximate surface area is 184 Å². The number of aromatic nitrogens is 1. The zero-order valence-corrected chi connectivity index (χ0v) is 21.0. The monoisotopic (exact) mass is 416 g/mol. The largest absolute Gasteiger partial charge is 0.220 e. The summed E-state index contributed by atoms with van der Waals surface area (Å²) < 4.78 is 2.33. The highest BCUT2D eigenvalue weighted by atomic mass is 28.3. The number of benzene rings is 2. The van der Waals surface area contributed by atoms with Gasteiger partial charge in [-0.2, -0.15) is 0 Å². The van der Waals surface area contributed by atoms with Crippen LogP contribution in [0.2, 0.25) is 18.6 Å². The average Bonchev–Trinajstić information content (AvgIpc) is 3.15. The van der Waals surface area contributed by atoms with Crippen molar-refractivity contribution >= 4 is 24.0 Å². The molecule has 1 aromatic heterocycles. The van der Waals surface area contributed by atoms with Crippen molar-refractivity contribution in [1.82, 2.24) is 0 Å². The van der Waals surface area contributed by atoms with Crippen molar-refractivity contribution in [3.05, 3.63) is 59.3 Å². The standard InChI is InChI=1S/C28H38NSi/c1-19(2)23-17-26(20(3)4)21(5)27(18-23)28-25-11-10-24(30(7)14-8-9-15-30)16-22(25)12-13-29(28)6/h10-13,16-20H,8-9,14-15H2,1-7H3/q+1. The molecule has 4 rings (SSSR count).